The van der Waals surface area contributed by atoms with Crippen LogP contribution in [0.5, 0.6) is 0 Å². The smallest absolute Gasteiger partial charge is 0.184 e. The molecule has 0 aliphatic carbocycles. The molecule has 2 aromatic heterocycles. The van der Waals surface area contributed by atoms with Gasteiger partial charge in [0.1, 0.15) is 16.1 Å². The molecule has 0 amide bonds. The number of aromatic nitrogens is 1. The number of halogens is 1. The van der Waals surface area contributed by atoms with Crippen LogP contribution in [-0.4, -0.2) is 4.98 Å². The van der Waals surface area contributed by atoms with E-state index < -0.39 is 0 Å². The molecule has 0 radical (unpaired) electrons. The molecule has 16 heavy (non-hydrogen) atoms. The van der Waals surface area contributed by atoms with Crippen molar-refractivity contribution in [3.8, 4) is 0 Å². The number of anilines is 1. The van der Waals surface area contributed by atoms with Gasteiger partial charge in [-0.3, -0.25) is 0 Å². The molecule has 5 heteroatoms. The molecule has 0 saturated carbocycles. The summed E-state index contributed by atoms with van der Waals surface area (Å²) in [7, 11) is 0. The lowest BCUT2D eigenvalue weighted by Gasteiger charge is -2.11. The largest absolute Gasteiger partial charge is 0.466 e. The van der Waals surface area contributed by atoms with E-state index in [0.29, 0.717) is 0 Å². The zero-order valence-corrected chi connectivity index (χ0v) is 11.8. The van der Waals surface area contributed by atoms with Crippen LogP contribution in [0.15, 0.2) is 20.5 Å². The second kappa shape index (κ2) is 4.59. The first-order valence-corrected chi connectivity index (χ1v) is 6.68. The maximum atomic E-state index is 5.51. The molecule has 0 aromatic carbocycles. The highest BCUT2D eigenvalue weighted by atomic mass is 79.9. The molecular formula is C11H13BrN2OS. The van der Waals surface area contributed by atoms with Crippen molar-refractivity contribution < 1.29 is 4.42 Å². The Kier molecular flexibility index (Phi) is 3.35. The van der Waals surface area contributed by atoms with Gasteiger partial charge in [0.2, 0.25) is 0 Å². The molecule has 2 rings (SSSR count). The normalized spacial score (nSPS) is 12.8. The van der Waals surface area contributed by atoms with E-state index in [1.54, 1.807) is 11.3 Å². The van der Waals surface area contributed by atoms with E-state index in [4.69, 9.17) is 4.42 Å². The molecule has 1 unspecified atom stereocenters. The summed E-state index contributed by atoms with van der Waals surface area (Å²) >= 11 is 4.92. The lowest BCUT2D eigenvalue weighted by molar-refractivity contribution is 0.500. The summed E-state index contributed by atoms with van der Waals surface area (Å²) in [6.07, 6.45) is 0. The predicted molar refractivity (Wildman–Crippen MR) is 70.0 cm³/mol. The summed E-state index contributed by atoms with van der Waals surface area (Å²) in [6, 6.07) is 2.27. The molecule has 2 heterocycles. The number of nitrogens with zero attached hydrogens (tertiary/aromatic N) is 1. The second-order valence-electron chi connectivity index (χ2n) is 3.71. The molecule has 0 spiro atoms. The summed E-state index contributed by atoms with van der Waals surface area (Å²) in [4.78, 5) is 4.31. The van der Waals surface area contributed by atoms with E-state index in [9.17, 15) is 0 Å². The van der Waals surface area contributed by atoms with E-state index in [2.05, 4.69) is 39.2 Å². The first kappa shape index (κ1) is 11.7. The van der Waals surface area contributed by atoms with Crippen LogP contribution in [0.25, 0.3) is 0 Å². The quantitative estimate of drug-likeness (QED) is 0.919. The Labute approximate surface area is 107 Å². The first-order valence-electron chi connectivity index (χ1n) is 5.00. The van der Waals surface area contributed by atoms with Crippen LogP contribution in [0.3, 0.4) is 0 Å². The SMILES string of the molecule is Cc1cc(C(C)Nc2nc(Br)cs2)c(C)o1. The molecule has 0 aliphatic rings. The third kappa shape index (κ3) is 2.47. The van der Waals surface area contributed by atoms with Gasteiger partial charge in [-0.2, -0.15) is 0 Å². The molecule has 0 bridgehead atoms. The minimum Gasteiger partial charge on any atom is -0.466 e. The Hall–Kier alpha value is -0.810. The van der Waals surface area contributed by atoms with Gasteiger partial charge >= 0.3 is 0 Å². The molecular weight excluding hydrogens is 288 g/mol. The van der Waals surface area contributed by atoms with Gasteiger partial charge in [0.15, 0.2) is 5.13 Å². The number of nitrogens with one attached hydrogen (secondary N) is 1. The topological polar surface area (TPSA) is 38.1 Å². The minimum absolute atomic E-state index is 0.204. The Balaban J connectivity index is 2.14. The number of hydrogen-bond donors (Lipinski definition) is 1. The summed E-state index contributed by atoms with van der Waals surface area (Å²) in [5, 5.41) is 6.23. The van der Waals surface area contributed by atoms with Gasteiger partial charge in [-0.1, -0.05) is 0 Å². The number of rotatable bonds is 3. The van der Waals surface area contributed by atoms with Crippen LogP contribution in [0.1, 0.15) is 30.0 Å². The van der Waals surface area contributed by atoms with Gasteiger partial charge in [0.25, 0.3) is 0 Å². The third-order valence-electron chi connectivity index (χ3n) is 2.36. The van der Waals surface area contributed by atoms with E-state index >= 15 is 0 Å². The summed E-state index contributed by atoms with van der Waals surface area (Å²) < 4.78 is 6.38. The van der Waals surface area contributed by atoms with Crippen LogP contribution in [0.4, 0.5) is 5.13 Å². The highest BCUT2D eigenvalue weighted by Crippen LogP contribution is 2.27. The maximum absolute atomic E-state index is 5.51. The van der Waals surface area contributed by atoms with E-state index in [-0.39, 0.29) is 6.04 Å². The average molecular weight is 301 g/mol. The van der Waals surface area contributed by atoms with E-state index in [1.807, 2.05) is 19.2 Å². The van der Waals surface area contributed by atoms with Crippen LogP contribution in [-0.2, 0) is 0 Å². The van der Waals surface area contributed by atoms with Crippen molar-refractivity contribution in [2.24, 2.45) is 0 Å². The fraction of sp³-hybridized carbons (Fsp3) is 0.364. The standard InChI is InChI=1S/C11H13BrN2OS/c1-6-4-9(8(3)15-6)7(2)13-11-14-10(12)5-16-11/h4-5,7H,1-3H3,(H,13,14). The van der Waals surface area contributed by atoms with Crippen molar-refractivity contribution in [3.63, 3.8) is 0 Å². The number of hydrogen-bond acceptors (Lipinski definition) is 4. The zero-order chi connectivity index (χ0) is 11.7. The minimum atomic E-state index is 0.204. The molecule has 0 fully saturated rings. The van der Waals surface area contributed by atoms with Crippen LogP contribution >= 0.6 is 27.3 Å². The molecule has 0 saturated heterocycles. The number of furan rings is 1. The lowest BCUT2D eigenvalue weighted by Crippen LogP contribution is -2.06. The third-order valence-corrected chi connectivity index (χ3v) is 3.84. The van der Waals surface area contributed by atoms with Gasteiger partial charge in [0.05, 0.1) is 6.04 Å². The van der Waals surface area contributed by atoms with Crippen LogP contribution in [0, 0.1) is 13.8 Å². The summed E-state index contributed by atoms with van der Waals surface area (Å²) in [5.74, 6) is 1.91. The van der Waals surface area contributed by atoms with Crippen molar-refractivity contribution in [1.82, 2.24) is 4.98 Å². The highest BCUT2D eigenvalue weighted by molar-refractivity contribution is 9.10. The average Bonchev–Trinajstić information content (AvgIpc) is 2.73. The first-order chi connectivity index (χ1) is 7.56. The Morgan fingerprint density at radius 2 is 2.25 bits per heavy atom. The van der Waals surface area contributed by atoms with Crippen molar-refractivity contribution >= 4 is 32.4 Å². The molecule has 1 atom stereocenters. The van der Waals surface area contributed by atoms with Crippen molar-refractivity contribution in [3.05, 3.63) is 33.1 Å². The summed E-state index contributed by atoms with van der Waals surface area (Å²) in [6.45, 7) is 6.05. The van der Waals surface area contributed by atoms with Gasteiger partial charge in [0, 0.05) is 10.9 Å². The van der Waals surface area contributed by atoms with E-state index in [1.165, 1.54) is 5.56 Å². The maximum Gasteiger partial charge on any atom is 0.184 e. The molecule has 2 aromatic rings. The summed E-state index contributed by atoms with van der Waals surface area (Å²) in [5.41, 5.74) is 1.18. The fourth-order valence-corrected chi connectivity index (χ4v) is 2.90. The molecule has 0 aliphatic heterocycles. The Morgan fingerprint density at radius 1 is 1.50 bits per heavy atom. The van der Waals surface area contributed by atoms with Crippen molar-refractivity contribution in [1.29, 1.82) is 0 Å². The van der Waals surface area contributed by atoms with Gasteiger partial charge in [-0.15, -0.1) is 11.3 Å². The lowest BCUT2D eigenvalue weighted by atomic mass is 10.1. The second-order valence-corrected chi connectivity index (χ2v) is 5.38. The zero-order valence-electron chi connectivity index (χ0n) is 9.37. The number of thiazole rings is 1. The van der Waals surface area contributed by atoms with Gasteiger partial charge in [-0.05, 0) is 42.8 Å². The predicted octanol–water partition coefficient (Wildman–Crippen LogP) is 4.29. The number of aryl methyl sites for hydroxylation is 2. The molecule has 1 N–H and O–H groups in total. The van der Waals surface area contributed by atoms with Gasteiger partial charge in [-0.25, -0.2) is 4.98 Å². The molecule has 3 nitrogen and oxygen atoms in total. The van der Waals surface area contributed by atoms with E-state index in [0.717, 1.165) is 21.3 Å². The van der Waals surface area contributed by atoms with Crippen molar-refractivity contribution in [2.45, 2.75) is 26.8 Å². The van der Waals surface area contributed by atoms with Crippen LogP contribution < -0.4 is 5.32 Å². The molecule has 86 valence electrons. The van der Waals surface area contributed by atoms with Crippen molar-refractivity contribution in [2.75, 3.05) is 5.32 Å². The van der Waals surface area contributed by atoms with Gasteiger partial charge < -0.3 is 9.73 Å². The fourth-order valence-electron chi connectivity index (χ4n) is 1.66. The highest BCUT2D eigenvalue weighted by Gasteiger charge is 2.13. The Morgan fingerprint density at radius 3 is 2.75 bits per heavy atom. The monoisotopic (exact) mass is 300 g/mol. The Bertz CT molecular complexity index is 492. The van der Waals surface area contributed by atoms with Crippen LogP contribution in [0.2, 0.25) is 0 Å².